The van der Waals surface area contributed by atoms with E-state index in [1.165, 1.54) is 15.6 Å². The standard InChI is InChI=1S/C14H19BrN2O.ClH/c1-10-8-17(4-3-16-10)9-12-7-13(15)6-11-2-5-18-14(11)12;/h6-7,10,16H,2-5,8-9H2,1H3;1H/t10-;/m0./s1. The number of hydrogen-bond acceptors (Lipinski definition) is 3. The molecule has 2 aliphatic heterocycles. The second-order valence-electron chi connectivity index (χ2n) is 5.24. The lowest BCUT2D eigenvalue weighted by molar-refractivity contribution is 0.197. The molecule has 2 aliphatic rings. The first-order valence-electron chi connectivity index (χ1n) is 6.62. The Kier molecular flexibility index (Phi) is 5.12. The molecule has 1 N–H and O–H groups in total. The molecule has 106 valence electrons. The zero-order chi connectivity index (χ0) is 12.5. The molecule has 1 fully saturated rings. The van der Waals surface area contributed by atoms with Gasteiger partial charge in [-0.15, -0.1) is 12.4 Å². The highest BCUT2D eigenvalue weighted by atomic mass is 79.9. The zero-order valence-corrected chi connectivity index (χ0v) is 13.5. The first-order chi connectivity index (χ1) is 8.72. The third kappa shape index (κ3) is 3.43. The lowest BCUT2D eigenvalue weighted by atomic mass is 10.1. The van der Waals surface area contributed by atoms with E-state index in [2.05, 4.69) is 45.2 Å². The third-order valence-electron chi connectivity index (χ3n) is 3.67. The molecule has 0 amide bonds. The van der Waals surface area contributed by atoms with Crippen LogP contribution in [0, 0.1) is 0 Å². The van der Waals surface area contributed by atoms with Crippen molar-refractivity contribution in [2.24, 2.45) is 0 Å². The van der Waals surface area contributed by atoms with Crippen molar-refractivity contribution in [3.63, 3.8) is 0 Å². The van der Waals surface area contributed by atoms with E-state index >= 15 is 0 Å². The van der Waals surface area contributed by atoms with Gasteiger partial charge in [0.25, 0.3) is 0 Å². The molecule has 1 aromatic rings. The maximum atomic E-state index is 5.79. The number of nitrogens with one attached hydrogen (secondary N) is 1. The van der Waals surface area contributed by atoms with Gasteiger partial charge < -0.3 is 10.1 Å². The van der Waals surface area contributed by atoms with E-state index in [-0.39, 0.29) is 12.4 Å². The number of halogens is 2. The quantitative estimate of drug-likeness (QED) is 0.890. The van der Waals surface area contributed by atoms with E-state index in [9.17, 15) is 0 Å². The summed E-state index contributed by atoms with van der Waals surface area (Å²) >= 11 is 3.61. The SMILES string of the molecule is C[C@H]1CN(Cc2cc(Br)cc3c2OCC3)CCN1.Cl. The molecule has 3 rings (SSSR count). The van der Waals surface area contributed by atoms with Crippen LogP contribution in [0.5, 0.6) is 5.75 Å². The van der Waals surface area contributed by atoms with Gasteiger partial charge in [0.1, 0.15) is 5.75 Å². The van der Waals surface area contributed by atoms with Crippen LogP contribution in [0.15, 0.2) is 16.6 Å². The summed E-state index contributed by atoms with van der Waals surface area (Å²) in [6.45, 7) is 7.38. The molecule has 0 spiro atoms. The van der Waals surface area contributed by atoms with Gasteiger partial charge in [-0.2, -0.15) is 0 Å². The van der Waals surface area contributed by atoms with Gasteiger partial charge in [-0.25, -0.2) is 0 Å². The maximum Gasteiger partial charge on any atom is 0.127 e. The van der Waals surface area contributed by atoms with Crippen molar-refractivity contribution in [2.75, 3.05) is 26.2 Å². The van der Waals surface area contributed by atoms with Crippen molar-refractivity contribution in [3.8, 4) is 5.75 Å². The van der Waals surface area contributed by atoms with Gasteiger partial charge in [0.05, 0.1) is 6.61 Å². The molecular weight excluding hydrogens is 328 g/mol. The van der Waals surface area contributed by atoms with Crippen molar-refractivity contribution in [2.45, 2.75) is 25.9 Å². The Hall–Kier alpha value is -0.290. The minimum absolute atomic E-state index is 0. The second kappa shape index (κ2) is 6.44. The molecule has 1 atom stereocenters. The second-order valence-corrected chi connectivity index (χ2v) is 6.16. The summed E-state index contributed by atoms with van der Waals surface area (Å²) in [5.41, 5.74) is 2.67. The number of piperazine rings is 1. The topological polar surface area (TPSA) is 24.5 Å². The van der Waals surface area contributed by atoms with Crippen LogP contribution in [-0.4, -0.2) is 37.2 Å². The average Bonchev–Trinajstić information content (AvgIpc) is 2.77. The fourth-order valence-corrected chi connectivity index (χ4v) is 3.41. The van der Waals surface area contributed by atoms with E-state index in [4.69, 9.17) is 4.74 Å². The molecule has 0 saturated carbocycles. The number of rotatable bonds is 2. The van der Waals surface area contributed by atoms with Crippen LogP contribution < -0.4 is 10.1 Å². The van der Waals surface area contributed by atoms with Crippen LogP contribution in [-0.2, 0) is 13.0 Å². The molecule has 0 bridgehead atoms. The van der Waals surface area contributed by atoms with E-state index in [0.717, 1.165) is 45.0 Å². The lowest BCUT2D eigenvalue weighted by Gasteiger charge is -2.32. The van der Waals surface area contributed by atoms with Gasteiger partial charge >= 0.3 is 0 Å². The Bertz CT molecular complexity index is 455. The molecule has 0 aliphatic carbocycles. The van der Waals surface area contributed by atoms with Crippen LogP contribution in [0.3, 0.4) is 0 Å². The fraction of sp³-hybridized carbons (Fsp3) is 0.571. The fourth-order valence-electron chi connectivity index (χ4n) is 2.86. The Labute approximate surface area is 129 Å². The number of ether oxygens (including phenoxy) is 1. The van der Waals surface area contributed by atoms with Crippen LogP contribution in [0.4, 0.5) is 0 Å². The van der Waals surface area contributed by atoms with Gasteiger partial charge in [-0.05, 0) is 24.6 Å². The maximum absolute atomic E-state index is 5.79. The van der Waals surface area contributed by atoms with Gasteiger partial charge in [-0.3, -0.25) is 4.90 Å². The molecule has 5 heteroatoms. The van der Waals surface area contributed by atoms with E-state index < -0.39 is 0 Å². The van der Waals surface area contributed by atoms with Gasteiger partial charge in [-0.1, -0.05) is 15.9 Å². The molecule has 1 aromatic carbocycles. The first kappa shape index (κ1) is 15.1. The number of nitrogens with zero attached hydrogens (tertiary/aromatic N) is 1. The predicted molar refractivity (Wildman–Crippen MR) is 83.3 cm³/mol. The van der Waals surface area contributed by atoms with E-state index in [1.54, 1.807) is 0 Å². The minimum Gasteiger partial charge on any atom is -0.493 e. The summed E-state index contributed by atoms with van der Waals surface area (Å²) < 4.78 is 6.96. The van der Waals surface area contributed by atoms with E-state index in [0.29, 0.717) is 6.04 Å². The monoisotopic (exact) mass is 346 g/mol. The Morgan fingerprint density at radius 2 is 2.32 bits per heavy atom. The Morgan fingerprint density at radius 1 is 1.47 bits per heavy atom. The van der Waals surface area contributed by atoms with Crippen molar-refractivity contribution >= 4 is 28.3 Å². The zero-order valence-electron chi connectivity index (χ0n) is 11.1. The number of fused-ring (bicyclic) bond motifs is 1. The molecule has 3 nitrogen and oxygen atoms in total. The molecule has 0 radical (unpaired) electrons. The summed E-state index contributed by atoms with van der Waals surface area (Å²) in [5, 5.41) is 3.48. The smallest absolute Gasteiger partial charge is 0.127 e. The molecule has 0 aromatic heterocycles. The molecule has 0 unspecified atom stereocenters. The van der Waals surface area contributed by atoms with Crippen molar-refractivity contribution in [1.29, 1.82) is 0 Å². The highest BCUT2D eigenvalue weighted by Crippen LogP contribution is 2.33. The molecule has 19 heavy (non-hydrogen) atoms. The molecular formula is C14H20BrClN2O. The van der Waals surface area contributed by atoms with Crippen molar-refractivity contribution in [1.82, 2.24) is 10.2 Å². The van der Waals surface area contributed by atoms with Gasteiger partial charge in [0.15, 0.2) is 0 Å². The predicted octanol–water partition coefficient (Wildman–Crippen LogP) is 2.60. The highest BCUT2D eigenvalue weighted by molar-refractivity contribution is 9.10. The van der Waals surface area contributed by atoms with Crippen molar-refractivity contribution in [3.05, 3.63) is 27.7 Å². The van der Waals surface area contributed by atoms with Crippen LogP contribution in [0.25, 0.3) is 0 Å². The normalized spacial score (nSPS) is 22.5. The van der Waals surface area contributed by atoms with E-state index in [1.807, 2.05) is 0 Å². The summed E-state index contributed by atoms with van der Waals surface area (Å²) in [5.74, 6) is 1.13. The van der Waals surface area contributed by atoms with Crippen molar-refractivity contribution < 1.29 is 4.74 Å². The Morgan fingerprint density at radius 3 is 3.11 bits per heavy atom. The van der Waals surface area contributed by atoms with Gasteiger partial charge in [0.2, 0.25) is 0 Å². The summed E-state index contributed by atoms with van der Waals surface area (Å²) in [7, 11) is 0. The van der Waals surface area contributed by atoms with Gasteiger partial charge in [0, 0.05) is 48.7 Å². The molecule has 2 heterocycles. The largest absolute Gasteiger partial charge is 0.493 e. The summed E-state index contributed by atoms with van der Waals surface area (Å²) in [6, 6.07) is 4.98. The highest BCUT2D eigenvalue weighted by Gasteiger charge is 2.21. The third-order valence-corrected chi connectivity index (χ3v) is 4.13. The number of benzene rings is 1. The average molecular weight is 348 g/mol. The molecule has 1 saturated heterocycles. The minimum atomic E-state index is 0. The van der Waals surface area contributed by atoms with Crippen LogP contribution in [0.2, 0.25) is 0 Å². The Balaban J connectivity index is 0.00000133. The van der Waals surface area contributed by atoms with Crippen LogP contribution in [0.1, 0.15) is 18.1 Å². The number of hydrogen-bond donors (Lipinski definition) is 1. The lowest BCUT2D eigenvalue weighted by Crippen LogP contribution is -2.48. The first-order valence-corrected chi connectivity index (χ1v) is 7.41. The summed E-state index contributed by atoms with van der Waals surface area (Å²) in [4.78, 5) is 2.50. The summed E-state index contributed by atoms with van der Waals surface area (Å²) in [6.07, 6.45) is 1.04. The van der Waals surface area contributed by atoms with Crippen LogP contribution >= 0.6 is 28.3 Å².